The van der Waals surface area contributed by atoms with Crippen LogP contribution in [0.4, 0.5) is 5.95 Å². The molecule has 0 fully saturated rings. The third-order valence-corrected chi connectivity index (χ3v) is 3.46. The zero-order valence-corrected chi connectivity index (χ0v) is 12.1. The van der Waals surface area contributed by atoms with Crippen LogP contribution in [0.2, 0.25) is 0 Å². The second-order valence-corrected chi connectivity index (χ2v) is 5.08. The van der Waals surface area contributed by atoms with E-state index in [9.17, 15) is 0 Å². The predicted octanol–water partition coefficient (Wildman–Crippen LogP) is 2.15. The molecule has 108 valence electrons. The van der Waals surface area contributed by atoms with Crippen LogP contribution < -0.4 is 11.1 Å². The summed E-state index contributed by atoms with van der Waals surface area (Å²) in [5.74, 6) is 0.648. The minimum atomic E-state index is 0.648. The zero-order valence-electron chi connectivity index (χ0n) is 12.1. The number of pyridine rings is 1. The molecule has 1 aromatic carbocycles. The van der Waals surface area contributed by atoms with E-state index in [0.29, 0.717) is 19.0 Å². The van der Waals surface area contributed by atoms with Gasteiger partial charge in [0.2, 0.25) is 5.95 Å². The molecule has 3 aromatic rings. The number of nitrogens with two attached hydrogens (primary N) is 1. The molecule has 0 aliphatic carbocycles. The lowest BCUT2D eigenvalue weighted by atomic mass is 10.1. The molecule has 0 saturated heterocycles. The lowest BCUT2D eigenvalue weighted by molar-refractivity contribution is 0.909. The molecule has 0 saturated carbocycles. The number of rotatable bonds is 5. The molecule has 2 aromatic heterocycles. The minimum absolute atomic E-state index is 0.648. The zero-order chi connectivity index (χ0) is 14.7. The second-order valence-electron chi connectivity index (χ2n) is 5.08. The predicted molar refractivity (Wildman–Crippen MR) is 84.3 cm³/mol. The van der Waals surface area contributed by atoms with Crippen molar-refractivity contribution in [2.45, 2.75) is 19.9 Å². The van der Waals surface area contributed by atoms with E-state index in [-0.39, 0.29) is 0 Å². The summed E-state index contributed by atoms with van der Waals surface area (Å²) < 4.78 is 1.84. The van der Waals surface area contributed by atoms with Gasteiger partial charge in [-0.15, -0.1) is 5.10 Å². The van der Waals surface area contributed by atoms with Crippen LogP contribution >= 0.6 is 0 Å². The Morgan fingerprint density at radius 3 is 2.57 bits per heavy atom. The maximum Gasteiger partial charge on any atom is 0.243 e. The molecule has 0 unspecified atom stereocenters. The normalized spacial score (nSPS) is 11.0. The van der Waals surface area contributed by atoms with Gasteiger partial charge in [0.15, 0.2) is 5.65 Å². The molecule has 0 radical (unpaired) electrons. The fourth-order valence-electron chi connectivity index (χ4n) is 2.28. The largest absolute Gasteiger partial charge is 0.349 e. The Morgan fingerprint density at radius 2 is 1.86 bits per heavy atom. The van der Waals surface area contributed by atoms with Crippen molar-refractivity contribution in [3.8, 4) is 0 Å². The number of hydrogen-bond donors (Lipinski definition) is 2. The Labute approximate surface area is 123 Å². The van der Waals surface area contributed by atoms with Crippen molar-refractivity contribution >= 4 is 11.6 Å². The summed E-state index contributed by atoms with van der Waals surface area (Å²) in [6, 6.07) is 14.4. The molecule has 0 amide bonds. The van der Waals surface area contributed by atoms with Crippen molar-refractivity contribution in [2.24, 2.45) is 5.73 Å². The third-order valence-electron chi connectivity index (χ3n) is 3.46. The van der Waals surface area contributed by atoms with Gasteiger partial charge >= 0.3 is 0 Å². The van der Waals surface area contributed by atoms with Crippen molar-refractivity contribution < 1.29 is 0 Å². The van der Waals surface area contributed by atoms with Crippen LogP contribution in [-0.2, 0) is 13.0 Å². The summed E-state index contributed by atoms with van der Waals surface area (Å²) in [5, 5.41) is 7.71. The Morgan fingerprint density at radius 1 is 1.10 bits per heavy atom. The van der Waals surface area contributed by atoms with Gasteiger partial charge in [-0.1, -0.05) is 30.3 Å². The summed E-state index contributed by atoms with van der Waals surface area (Å²) in [4.78, 5) is 4.46. The topological polar surface area (TPSA) is 68.2 Å². The quantitative estimate of drug-likeness (QED) is 0.752. The molecular weight excluding hydrogens is 262 g/mol. The lowest BCUT2D eigenvalue weighted by Crippen LogP contribution is -2.04. The molecule has 0 bridgehead atoms. The van der Waals surface area contributed by atoms with Crippen LogP contribution in [0.3, 0.4) is 0 Å². The summed E-state index contributed by atoms with van der Waals surface area (Å²) in [6.07, 6.45) is 0.918. The van der Waals surface area contributed by atoms with Gasteiger partial charge in [-0.05, 0) is 43.1 Å². The van der Waals surface area contributed by atoms with Gasteiger partial charge in [0, 0.05) is 12.2 Å². The SMILES string of the molecule is Cc1cccc2nc(NCc3ccc(CCN)cc3)nn12. The van der Waals surface area contributed by atoms with Gasteiger partial charge in [0.05, 0.1) is 0 Å². The van der Waals surface area contributed by atoms with Crippen LogP contribution in [0.15, 0.2) is 42.5 Å². The van der Waals surface area contributed by atoms with Crippen molar-refractivity contribution in [1.82, 2.24) is 14.6 Å². The molecule has 5 nitrogen and oxygen atoms in total. The Bertz CT molecular complexity index is 730. The molecular formula is C16H19N5. The van der Waals surface area contributed by atoms with Gasteiger partial charge in [-0.25, -0.2) is 4.52 Å². The number of fused-ring (bicyclic) bond motifs is 1. The maximum absolute atomic E-state index is 5.55. The van der Waals surface area contributed by atoms with Crippen molar-refractivity contribution in [3.63, 3.8) is 0 Å². The van der Waals surface area contributed by atoms with Crippen molar-refractivity contribution in [2.75, 3.05) is 11.9 Å². The highest BCUT2D eigenvalue weighted by atomic mass is 15.3. The molecule has 0 aliphatic heterocycles. The van der Waals surface area contributed by atoms with Gasteiger partial charge in [0.25, 0.3) is 0 Å². The molecule has 0 aliphatic rings. The van der Waals surface area contributed by atoms with E-state index < -0.39 is 0 Å². The first-order valence-corrected chi connectivity index (χ1v) is 7.10. The van der Waals surface area contributed by atoms with E-state index in [1.807, 2.05) is 29.6 Å². The first-order valence-electron chi connectivity index (χ1n) is 7.10. The van der Waals surface area contributed by atoms with E-state index in [1.54, 1.807) is 0 Å². The first-order chi connectivity index (χ1) is 10.3. The Balaban J connectivity index is 1.69. The van der Waals surface area contributed by atoms with Crippen LogP contribution in [0.25, 0.3) is 5.65 Å². The Kier molecular flexibility index (Phi) is 3.83. The minimum Gasteiger partial charge on any atom is -0.349 e. The number of nitrogens with one attached hydrogen (secondary N) is 1. The van der Waals surface area contributed by atoms with E-state index in [1.165, 1.54) is 11.1 Å². The van der Waals surface area contributed by atoms with Gasteiger partial charge in [-0.3, -0.25) is 0 Å². The molecule has 3 rings (SSSR count). The summed E-state index contributed by atoms with van der Waals surface area (Å²) >= 11 is 0. The monoisotopic (exact) mass is 281 g/mol. The molecule has 2 heterocycles. The summed E-state index contributed by atoms with van der Waals surface area (Å²) in [6.45, 7) is 3.41. The first kappa shape index (κ1) is 13.6. The molecule has 21 heavy (non-hydrogen) atoms. The molecule has 3 N–H and O–H groups in total. The highest BCUT2D eigenvalue weighted by Gasteiger charge is 2.04. The molecule has 5 heteroatoms. The Hall–Kier alpha value is -2.40. The number of aryl methyl sites for hydroxylation is 1. The number of aromatic nitrogens is 3. The fraction of sp³-hybridized carbons (Fsp3) is 0.250. The van der Waals surface area contributed by atoms with Gasteiger partial charge < -0.3 is 11.1 Å². The lowest BCUT2D eigenvalue weighted by Gasteiger charge is -2.04. The van der Waals surface area contributed by atoms with E-state index in [0.717, 1.165) is 17.8 Å². The van der Waals surface area contributed by atoms with Crippen molar-refractivity contribution in [1.29, 1.82) is 0 Å². The summed E-state index contributed by atoms with van der Waals surface area (Å²) in [7, 11) is 0. The van der Waals surface area contributed by atoms with E-state index >= 15 is 0 Å². The average molecular weight is 281 g/mol. The van der Waals surface area contributed by atoms with Crippen LogP contribution in [-0.4, -0.2) is 21.1 Å². The van der Waals surface area contributed by atoms with Gasteiger partial charge in [0.1, 0.15) is 0 Å². The standard InChI is InChI=1S/C16H19N5/c1-12-3-2-4-15-19-16(20-21(12)15)18-11-14-7-5-13(6-8-14)9-10-17/h2-8H,9-11,17H2,1H3,(H,18,20). The molecule has 0 atom stereocenters. The highest BCUT2D eigenvalue weighted by molar-refractivity contribution is 5.44. The number of nitrogens with zero attached hydrogens (tertiary/aromatic N) is 3. The smallest absolute Gasteiger partial charge is 0.243 e. The highest BCUT2D eigenvalue weighted by Crippen LogP contribution is 2.10. The average Bonchev–Trinajstić information content (AvgIpc) is 2.91. The number of anilines is 1. The van der Waals surface area contributed by atoms with Crippen LogP contribution in [0.1, 0.15) is 16.8 Å². The fourth-order valence-corrected chi connectivity index (χ4v) is 2.28. The van der Waals surface area contributed by atoms with Crippen LogP contribution in [0, 0.1) is 6.92 Å². The number of hydrogen-bond acceptors (Lipinski definition) is 4. The van der Waals surface area contributed by atoms with Gasteiger partial charge in [-0.2, -0.15) is 4.98 Å². The molecule has 0 spiro atoms. The van der Waals surface area contributed by atoms with E-state index in [4.69, 9.17) is 5.73 Å². The number of benzene rings is 1. The van der Waals surface area contributed by atoms with Crippen molar-refractivity contribution in [3.05, 3.63) is 59.3 Å². The second kappa shape index (κ2) is 5.93. The van der Waals surface area contributed by atoms with Crippen LogP contribution in [0.5, 0.6) is 0 Å². The summed E-state index contributed by atoms with van der Waals surface area (Å²) in [5.41, 5.74) is 9.94. The maximum atomic E-state index is 5.55. The van der Waals surface area contributed by atoms with E-state index in [2.05, 4.69) is 39.7 Å². The third kappa shape index (κ3) is 3.03.